The summed E-state index contributed by atoms with van der Waals surface area (Å²) in [7, 11) is 2.19. The largest absolute Gasteiger partial charge is 0.399 e. The lowest BCUT2D eigenvalue weighted by atomic mass is 10.1. The predicted molar refractivity (Wildman–Crippen MR) is 83.6 cm³/mol. The monoisotopic (exact) mass is 337 g/mol. The molecule has 2 heterocycles. The zero-order chi connectivity index (χ0) is 14.3. The van der Waals surface area contributed by atoms with Gasteiger partial charge < -0.3 is 10.6 Å². The summed E-state index contributed by atoms with van der Waals surface area (Å²) in [6, 6.07) is 6.59. The van der Waals surface area contributed by atoms with E-state index in [1.807, 2.05) is 17.0 Å². The van der Waals surface area contributed by atoms with Crippen molar-refractivity contribution in [1.82, 2.24) is 9.80 Å². The Balaban J connectivity index is 1.80. The Hall–Kier alpha value is -1.07. The first kappa shape index (κ1) is 13.9. The van der Waals surface area contributed by atoms with Gasteiger partial charge >= 0.3 is 0 Å². The summed E-state index contributed by atoms with van der Waals surface area (Å²) in [5.74, 6) is 0.0963. The van der Waals surface area contributed by atoms with Gasteiger partial charge in [0, 0.05) is 40.9 Å². The lowest BCUT2D eigenvalue weighted by molar-refractivity contribution is 0.0740. The number of nitrogens with two attached hydrogens (primary N) is 1. The first-order valence-electron chi connectivity index (χ1n) is 7.12. The highest BCUT2D eigenvalue weighted by Gasteiger charge is 2.36. The molecule has 20 heavy (non-hydrogen) atoms. The quantitative estimate of drug-likeness (QED) is 0.800. The second kappa shape index (κ2) is 5.37. The highest BCUT2D eigenvalue weighted by molar-refractivity contribution is 9.10. The summed E-state index contributed by atoms with van der Waals surface area (Å²) in [4.78, 5) is 17.1. The van der Waals surface area contributed by atoms with E-state index in [1.165, 1.54) is 12.8 Å². The van der Waals surface area contributed by atoms with Gasteiger partial charge in [-0.2, -0.15) is 0 Å². The van der Waals surface area contributed by atoms with Gasteiger partial charge in [-0.25, -0.2) is 0 Å². The van der Waals surface area contributed by atoms with Gasteiger partial charge in [-0.15, -0.1) is 0 Å². The number of nitrogens with zero attached hydrogens (tertiary/aromatic N) is 2. The maximum absolute atomic E-state index is 12.7. The van der Waals surface area contributed by atoms with Crippen LogP contribution in [-0.4, -0.2) is 47.9 Å². The number of carbonyl (C=O) groups is 1. The standard InChI is InChI=1S/C15H20BrN3O/c1-18-13-2-3-14(18)9-19(5-4-13)15(20)10-6-11(16)8-12(17)7-10/h6-8,13-14H,2-5,9,17H2,1H3. The topological polar surface area (TPSA) is 49.6 Å². The molecule has 2 aliphatic heterocycles. The summed E-state index contributed by atoms with van der Waals surface area (Å²) in [6.07, 6.45) is 3.54. The average Bonchev–Trinajstić information content (AvgIpc) is 2.61. The molecule has 2 aliphatic rings. The summed E-state index contributed by atoms with van der Waals surface area (Å²) in [5.41, 5.74) is 7.13. The number of carbonyl (C=O) groups excluding carboxylic acids is 1. The van der Waals surface area contributed by atoms with Gasteiger partial charge in [0.25, 0.3) is 5.91 Å². The number of likely N-dealkylation sites (tertiary alicyclic amines) is 1. The molecule has 2 fully saturated rings. The molecule has 2 unspecified atom stereocenters. The van der Waals surface area contributed by atoms with E-state index in [9.17, 15) is 4.79 Å². The van der Waals surface area contributed by atoms with Crippen LogP contribution in [0.3, 0.4) is 0 Å². The molecular weight excluding hydrogens is 318 g/mol. The SMILES string of the molecule is CN1C2CCC1CN(C(=O)c1cc(N)cc(Br)c1)CC2. The van der Waals surface area contributed by atoms with Crippen LogP contribution >= 0.6 is 15.9 Å². The van der Waals surface area contributed by atoms with Gasteiger partial charge in [0.15, 0.2) is 0 Å². The van der Waals surface area contributed by atoms with Crippen molar-refractivity contribution in [2.75, 3.05) is 25.9 Å². The van der Waals surface area contributed by atoms with Crippen molar-refractivity contribution in [1.29, 1.82) is 0 Å². The molecular formula is C15H20BrN3O. The number of fused-ring (bicyclic) bond motifs is 2. The first-order valence-corrected chi connectivity index (χ1v) is 7.91. The number of likely N-dealkylation sites (N-methyl/N-ethyl adjacent to an activating group) is 1. The van der Waals surface area contributed by atoms with E-state index < -0.39 is 0 Å². The van der Waals surface area contributed by atoms with Crippen molar-refractivity contribution in [2.45, 2.75) is 31.3 Å². The number of halogens is 1. The minimum atomic E-state index is 0.0963. The van der Waals surface area contributed by atoms with E-state index in [1.54, 1.807) is 6.07 Å². The van der Waals surface area contributed by atoms with Gasteiger partial charge in [-0.3, -0.25) is 9.69 Å². The zero-order valence-corrected chi connectivity index (χ0v) is 13.3. The van der Waals surface area contributed by atoms with Crippen LogP contribution in [0.5, 0.6) is 0 Å². The van der Waals surface area contributed by atoms with Gasteiger partial charge in [0.1, 0.15) is 0 Å². The minimum absolute atomic E-state index is 0.0963. The second-order valence-electron chi connectivity index (χ2n) is 5.86. The van der Waals surface area contributed by atoms with Gasteiger partial charge in [-0.05, 0) is 44.5 Å². The van der Waals surface area contributed by atoms with Crippen molar-refractivity contribution in [3.63, 3.8) is 0 Å². The van der Waals surface area contributed by atoms with E-state index in [4.69, 9.17) is 5.73 Å². The highest BCUT2D eigenvalue weighted by Crippen LogP contribution is 2.29. The second-order valence-corrected chi connectivity index (χ2v) is 6.78. The molecule has 0 aromatic heterocycles. The van der Waals surface area contributed by atoms with Crippen LogP contribution in [-0.2, 0) is 0 Å². The first-order chi connectivity index (χ1) is 9.54. The molecule has 0 radical (unpaired) electrons. The lowest BCUT2D eigenvalue weighted by Gasteiger charge is -2.26. The number of benzene rings is 1. The van der Waals surface area contributed by atoms with E-state index in [-0.39, 0.29) is 5.91 Å². The fraction of sp³-hybridized carbons (Fsp3) is 0.533. The van der Waals surface area contributed by atoms with Crippen LogP contribution in [0.1, 0.15) is 29.6 Å². The van der Waals surface area contributed by atoms with Crippen LogP contribution in [0.25, 0.3) is 0 Å². The molecule has 2 N–H and O–H groups in total. The third-order valence-electron chi connectivity index (χ3n) is 4.60. The molecule has 108 valence electrons. The molecule has 2 atom stereocenters. The molecule has 0 saturated carbocycles. The molecule has 1 amide bonds. The number of anilines is 1. The maximum Gasteiger partial charge on any atom is 0.254 e. The summed E-state index contributed by atoms with van der Waals surface area (Å²) in [5, 5.41) is 0. The smallest absolute Gasteiger partial charge is 0.254 e. The molecule has 1 aromatic carbocycles. The molecule has 2 saturated heterocycles. The fourth-order valence-corrected chi connectivity index (χ4v) is 3.92. The number of nitrogen functional groups attached to an aromatic ring is 1. The van der Waals surface area contributed by atoms with Gasteiger partial charge in [-0.1, -0.05) is 15.9 Å². The van der Waals surface area contributed by atoms with E-state index in [2.05, 4.69) is 27.9 Å². The Morgan fingerprint density at radius 2 is 2.00 bits per heavy atom. The lowest BCUT2D eigenvalue weighted by Crippen LogP contribution is -2.39. The van der Waals surface area contributed by atoms with Crippen molar-refractivity contribution in [3.8, 4) is 0 Å². The van der Waals surface area contributed by atoms with Crippen molar-refractivity contribution in [2.24, 2.45) is 0 Å². The van der Waals surface area contributed by atoms with E-state index in [0.717, 1.165) is 24.0 Å². The minimum Gasteiger partial charge on any atom is -0.399 e. The zero-order valence-electron chi connectivity index (χ0n) is 11.7. The molecule has 4 nitrogen and oxygen atoms in total. The average molecular weight is 338 g/mol. The Kier molecular flexibility index (Phi) is 3.73. The summed E-state index contributed by atoms with van der Waals surface area (Å²) < 4.78 is 0.856. The summed E-state index contributed by atoms with van der Waals surface area (Å²) in [6.45, 7) is 1.68. The number of hydrogen-bond acceptors (Lipinski definition) is 3. The molecule has 5 heteroatoms. The third kappa shape index (κ3) is 2.56. The van der Waals surface area contributed by atoms with E-state index >= 15 is 0 Å². The van der Waals surface area contributed by atoms with Gasteiger partial charge in [0.2, 0.25) is 0 Å². The Morgan fingerprint density at radius 3 is 2.75 bits per heavy atom. The summed E-state index contributed by atoms with van der Waals surface area (Å²) >= 11 is 3.40. The predicted octanol–water partition coefficient (Wildman–Crippen LogP) is 2.34. The molecule has 0 spiro atoms. The van der Waals surface area contributed by atoms with E-state index in [0.29, 0.717) is 23.3 Å². The maximum atomic E-state index is 12.7. The van der Waals surface area contributed by atoms with Crippen LogP contribution in [0.4, 0.5) is 5.69 Å². The molecule has 2 bridgehead atoms. The van der Waals surface area contributed by atoms with Crippen molar-refractivity contribution in [3.05, 3.63) is 28.2 Å². The molecule has 1 aromatic rings. The van der Waals surface area contributed by atoms with Crippen molar-refractivity contribution >= 4 is 27.5 Å². The molecule has 0 aliphatic carbocycles. The Bertz CT molecular complexity index is 514. The van der Waals surface area contributed by atoms with Crippen molar-refractivity contribution < 1.29 is 4.79 Å². The number of amides is 1. The number of rotatable bonds is 1. The fourth-order valence-electron chi connectivity index (χ4n) is 3.41. The Morgan fingerprint density at radius 1 is 1.25 bits per heavy atom. The normalized spacial score (nSPS) is 26.6. The highest BCUT2D eigenvalue weighted by atomic mass is 79.9. The molecule has 3 rings (SSSR count). The van der Waals surface area contributed by atoms with Crippen LogP contribution in [0.2, 0.25) is 0 Å². The van der Waals surface area contributed by atoms with Crippen LogP contribution < -0.4 is 5.73 Å². The van der Waals surface area contributed by atoms with Gasteiger partial charge in [0.05, 0.1) is 0 Å². The Labute approximate surface area is 128 Å². The third-order valence-corrected chi connectivity index (χ3v) is 5.06. The van der Waals surface area contributed by atoms with Crippen LogP contribution in [0.15, 0.2) is 22.7 Å². The number of hydrogen-bond donors (Lipinski definition) is 1. The van der Waals surface area contributed by atoms with Crippen LogP contribution in [0, 0.1) is 0 Å².